The minimum Gasteiger partial charge on any atom is -0.372 e. The molecule has 0 atom stereocenters. The zero-order valence-electron chi connectivity index (χ0n) is 19.4. The van der Waals surface area contributed by atoms with Crippen molar-refractivity contribution in [2.24, 2.45) is 0 Å². The van der Waals surface area contributed by atoms with E-state index in [0.717, 1.165) is 58.9 Å². The molecule has 0 unspecified atom stereocenters. The van der Waals surface area contributed by atoms with Crippen LogP contribution in [0.1, 0.15) is 57.2 Å². The van der Waals surface area contributed by atoms with Gasteiger partial charge in [0.05, 0.1) is 42.2 Å². The van der Waals surface area contributed by atoms with Crippen LogP contribution in [0, 0.1) is 0 Å². The normalized spacial score (nSPS) is 15.1. The Bertz CT molecular complexity index is 1520. The summed E-state index contributed by atoms with van der Waals surface area (Å²) < 4.78 is 44.6. The lowest BCUT2D eigenvalue weighted by Crippen LogP contribution is -2.31. The highest BCUT2D eigenvalue weighted by atomic mass is 35.5. The van der Waals surface area contributed by atoms with Crippen LogP contribution in [0.4, 0.5) is 18.9 Å². The van der Waals surface area contributed by atoms with Crippen molar-refractivity contribution in [3.05, 3.63) is 93.7 Å². The molecule has 1 aromatic carbocycles. The second kappa shape index (κ2) is 9.08. The summed E-state index contributed by atoms with van der Waals surface area (Å²) in [6.45, 7) is 1.04. The van der Waals surface area contributed by atoms with Crippen molar-refractivity contribution >= 4 is 34.1 Å². The molecule has 10 heteroatoms. The van der Waals surface area contributed by atoms with Crippen molar-refractivity contribution in [1.29, 1.82) is 0 Å². The van der Waals surface area contributed by atoms with E-state index in [2.05, 4.69) is 15.0 Å². The first-order valence-corrected chi connectivity index (χ1v) is 12.1. The Labute approximate surface area is 215 Å². The Balaban J connectivity index is 1.40. The zero-order chi connectivity index (χ0) is 25.7. The van der Waals surface area contributed by atoms with Gasteiger partial charge in [-0.3, -0.25) is 14.8 Å². The third-order valence-electron chi connectivity index (χ3n) is 6.67. The zero-order valence-corrected chi connectivity index (χ0v) is 20.2. The van der Waals surface area contributed by atoms with Gasteiger partial charge in [0.1, 0.15) is 10.8 Å². The highest BCUT2D eigenvalue weighted by Crippen LogP contribution is 2.43. The van der Waals surface area contributed by atoms with Crippen LogP contribution in [-0.2, 0) is 30.7 Å². The monoisotopic (exact) mass is 524 g/mol. The minimum atomic E-state index is -4.59. The number of carbonyl (C=O) groups excluding carboxylic acids is 1. The van der Waals surface area contributed by atoms with Crippen LogP contribution in [0.3, 0.4) is 0 Å². The van der Waals surface area contributed by atoms with Crippen molar-refractivity contribution in [1.82, 2.24) is 15.0 Å². The first-order chi connectivity index (χ1) is 17.8. The molecule has 0 radical (unpaired) electrons. The third-order valence-corrected chi connectivity index (χ3v) is 6.98. The fourth-order valence-electron chi connectivity index (χ4n) is 4.65. The number of benzene rings is 1. The van der Waals surface area contributed by atoms with Crippen LogP contribution in [0.2, 0.25) is 5.15 Å². The van der Waals surface area contributed by atoms with Crippen LogP contribution in [0.25, 0.3) is 10.9 Å². The Morgan fingerprint density at radius 3 is 2.62 bits per heavy atom. The third kappa shape index (κ3) is 4.53. The highest BCUT2D eigenvalue weighted by molar-refractivity contribution is 6.30. The molecule has 0 bridgehead atoms. The predicted molar refractivity (Wildman–Crippen MR) is 131 cm³/mol. The molecule has 6 rings (SSSR count). The van der Waals surface area contributed by atoms with Crippen molar-refractivity contribution in [3.63, 3.8) is 0 Å². The Morgan fingerprint density at radius 2 is 1.89 bits per heavy atom. The Hall–Kier alpha value is -3.56. The first-order valence-electron chi connectivity index (χ1n) is 11.8. The topological polar surface area (TPSA) is 68.2 Å². The number of anilines is 1. The summed E-state index contributed by atoms with van der Waals surface area (Å²) in [7, 11) is 0. The number of amides is 1. The lowest BCUT2D eigenvalue weighted by molar-refractivity contribution is -0.141. The standard InChI is InChI=1S/C27H20ClF3N4O2/c28-25-20-14-37-13-19(20)18-7-3-15(10-21(18)34-25)12-35(22-2-1-9-32-24(22)16-4-5-16)26(36)17-6-8-23(33-11-17)27(29,30)31/h1-3,6-11,16H,4-5,12-14H2. The molecule has 6 nitrogen and oxygen atoms in total. The molecule has 4 aromatic rings. The van der Waals surface area contributed by atoms with E-state index in [1.54, 1.807) is 17.2 Å². The number of halogens is 4. The number of pyridine rings is 3. The summed E-state index contributed by atoms with van der Waals surface area (Å²) in [6, 6.07) is 11.3. The van der Waals surface area contributed by atoms with Gasteiger partial charge in [-0.1, -0.05) is 23.7 Å². The molecule has 2 aliphatic rings. The average molecular weight is 525 g/mol. The molecule has 0 saturated heterocycles. The van der Waals surface area contributed by atoms with Gasteiger partial charge in [0.15, 0.2) is 0 Å². The van der Waals surface area contributed by atoms with Gasteiger partial charge in [0.25, 0.3) is 5.91 Å². The predicted octanol–water partition coefficient (Wildman–Crippen LogP) is 6.45. The number of ether oxygens (including phenoxy) is 1. The molecule has 1 aliphatic carbocycles. The van der Waals surface area contributed by atoms with Crippen LogP contribution in [-0.4, -0.2) is 20.9 Å². The number of alkyl halides is 3. The number of nitrogens with zero attached hydrogens (tertiary/aromatic N) is 4. The number of fused-ring (bicyclic) bond motifs is 3. The maximum Gasteiger partial charge on any atom is 0.433 e. The number of rotatable bonds is 5. The van der Waals surface area contributed by atoms with E-state index in [1.807, 2.05) is 24.3 Å². The summed E-state index contributed by atoms with van der Waals surface area (Å²) in [6.07, 6.45) is 0.00762. The minimum absolute atomic E-state index is 0.0514. The SMILES string of the molecule is O=C(c1ccc(C(F)(F)F)nc1)N(Cc1ccc2c3c(c(Cl)nc2c1)COC3)c1cccnc1C1CC1. The van der Waals surface area contributed by atoms with Crippen LogP contribution in [0.15, 0.2) is 54.9 Å². The lowest BCUT2D eigenvalue weighted by atomic mass is 10.0. The molecule has 0 spiro atoms. The van der Waals surface area contributed by atoms with E-state index in [4.69, 9.17) is 16.3 Å². The van der Waals surface area contributed by atoms with Gasteiger partial charge >= 0.3 is 6.18 Å². The largest absolute Gasteiger partial charge is 0.433 e. The van der Waals surface area contributed by atoms with E-state index >= 15 is 0 Å². The summed E-state index contributed by atoms with van der Waals surface area (Å²) in [5, 5.41) is 1.33. The second-order valence-corrected chi connectivity index (χ2v) is 9.57. The quantitative estimate of drug-likeness (QED) is 0.281. The van der Waals surface area contributed by atoms with E-state index in [-0.39, 0.29) is 18.0 Å². The van der Waals surface area contributed by atoms with E-state index in [1.165, 1.54) is 0 Å². The summed E-state index contributed by atoms with van der Waals surface area (Å²) in [5.74, 6) is -0.221. The summed E-state index contributed by atoms with van der Waals surface area (Å²) in [5.41, 5.74) is 3.79. The molecule has 4 heterocycles. The van der Waals surface area contributed by atoms with Crippen LogP contribution in [0.5, 0.6) is 0 Å². The molecule has 37 heavy (non-hydrogen) atoms. The number of carbonyl (C=O) groups is 1. The Morgan fingerprint density at radius 1 is 1.08 bits per heavy atom. The number of aromatic nitrogens is 3. The summed E-state index contributed by atoms with van der Waals surface area (Å²) >= 11 is 6.39. The van der Waals surface area contributed by atoms with E-state index < -0.39 is 17.8 Å². The van der Waals surface area contributed by atoms with Crippen molar-refractivity contribution in [3.8, 4) is 0 Å². The average Bonchev–Trinajstić information content (AvgIpc) is 3.62. The maximum atomic E-state index is 13.7. The molecule has 1 amide bonds. The summed E-state index contributed by atoms with van der Waals surface area (Å²) in [4.78, 5) is 27.8. The van der Waals surface area contributed by atoms with Gasteiger partial charge in [-0.25, -0.2) is 4.98 Å². The maximum absolute atomic E-state index is 13.7. The van der Waals surface area contributed by atoms with Crippen molar-refractivity contribution in [2.45, 2.75) is 44.7 Å². The lowest BCUT2D eigenvalue weighted by Gasteiger charge is -2.25. The van der Waals surface area contributed by atoms with Gasteiger partial charge in [0.2, 0.25) is 0 Å². The molecule has 3 aromatic heterocycles. The van der Waals surface area contributed by atoms with E-state index in [9.17, 15) is 18.0 Å². The molecular weight excluding hydrogens is 505 g/mol. The van der Waals surface area contributed by atoms with Crippen molar-refractivity contribution < 1.29 is 22.7 Å². The fourth-order valence-corrected chi connectivity index (χ4v) is 4.91. The smallest absolute Gasteiger partial charge is 0.372 e. The molecule has 188 valence electrons. The molecule has 1 aliphatic heterocycles. The molecule has 1 fully saturated rings. The van der Waals surface area contributed by atoms with Gasteiger partial charge in [-0.2, -0.15) is 13.2 Å². The molecule has 0 N–H and O–H groups in total. The van der Waals surface area contributed by atoms with E-state index in [0.29, 0.717) is 29.6 Å². The molecule has 1 saturated carbocycles. The molecular formula is C27H20ClF3N4O2. The van der Waals surface area contributed by atoms with Crippen molar-refractivity contribution in [2.75, 3.05) is 4.90 Å². The van der Waals surface area contributed by atoms with Gasteiger partial charge in [0, 0.05) is 29.3 Å². The number of hydrogen-bond acceptors (Lipinski definition) is 5. The van der Waals surface area contributed by atoms with Gasteiger partial charge in [-0.05, 0) is 54.3 Å². The fraction of sp³-hybridized carbons (Fsp3) is 0.259. The van der Waals surface area contributed by atoms with Gasteiger partial charge in [-0.15, -0.1) is 0 Å². The highest BCUT2D eigenvalue weighted by Gasteiger charge is 2.34. The van der Waals surface area contributed by atoms with Crippen LogP contribution >= 0.6 is 11.6 Å². The van der Waals surface area contributed by atoms with Crippen LogP contribution < -0.4 is 4.90 Å². The second-order valence-electron chi connectivity index (χ2n) is 9.21. The number of hydrogen-bond donors (Lipinski definition) is 0. The van der Waals surface area contributed by atoms with Gasteiger partial charge < -0.3 is 9.64 Å². The first kappa shape index (κ1) is 23.8. The Kier molecular flexibility index (Phi) is 5.84.